The fraction of sp³-hybridized carbons (Fsp3) is 0.611. The minimum atomic E-state index is -0.981. The lowest BCUT2D eigenvalue weighted by Gasteiger charge is -2.18. The van der Waals surface area contributed by atoms with Crippen LogP contribution in [0.3, 0.4) is 0 Å². The molecule has 1 N–H and O–H groups in total. The van der Waals surface area contributed by atoms with E-state index >= 15 is 0 Å². The van der Waals surface area contributed by atoms with E-state index in [0.717, 1.165) is 43.8 Å². The van der Waals surface area contributed by atoms with Crippen molar-refractivity contribution in [2.45, 2.75) is 69.9 Å². The molecule has 0 radical (unpaired) electrons. The van der Waals surface area contributed by atoms with Crippen molar-refractivity contribution in [3.63, 3.8) is 0 Å². The molecule has 2 aliphatic rings. The first kappa shape index (κ1) is 21.7. The number of carbonyl (C=O) groups excluding carboxylic acids is 2. The van der Waals surface area contributed by atoms with Crippen molar-refractivity contribution in [3.05, 3.63) is 24.8 Å². The zero-order valence-corrected chi connectivity index (χ0v) is 14.1. The van der Waals surface area contributed by atoms with E-state index in [-0.39, 0.29) is 6.04 Å². The van der Waals surface area contributed by atoms with Crippen molar-refractivity contribution in [1.82, 2.24) is 0 Å². The fourth-order valence-electron chi connectivity index (χ4n) is 2.56. The zero-order chi connectivity index (χ0) is 18.2. The van der Waals surface area contributed by atoms with Crippen LogP contribution in [0.2, 0.25) is 0 Å². The van der Waals surface area contributed by atoms with E-state index in [9.17, 15) is 14.4 Å². The van der Waals surface area contributed by atoms with E-state index in [1.165, 1.54) is 25.7 Å². The predicted octanol–water partition coefficient (Wildman–Crippen LogP) is 3.73. The van der Waals surface area contributed by atoms with E-state index in [1.54, 1.807) is 12.2 Å². The van der Waals surface area contributed by atoms with Gasteiger partial charge in [0.15, 0.2) is 0 Å². The van der Waals surface area contributed by atoms with E-state index in [2.05, 4.69) is 23.1 Å². The Kier molecular flexibility index (Phi) is 12.9. The van der Waals surface area contributed by atoms with Crippen LogP contribution in [0.5, 0.6) is 0 Å². The van der Waals surface area contributed by atoms with E-state index in [0.29, 0.717) is 6.04 Å². The molecule has 2 rings (SSSR count). The standard InChI is InChI=1S/C8H11NO.C7H11NO.C3H4O2/c1-7-4-2-3-5-8(7)9-6-10;9-6-8-7-4-2-1-3-5-7;1-2-3(4)5/h8H,1-5H2;7H,1-5H2;2H,1H2,(H,4,5). The summed E-state index contributed by atoms with van der Waals surface area (Å²) in [6, 6.07) is 0.377. The summed E-state index contributed by atoms with van der Waals surface area (Å²) >= 11 is 0. The number of aliphatic carboxylic acids is 1. The van der Waals surface area contributed by atoms with Gasteiger partial charge in [0.2, 0.25) is 12.2 Å². The number of nitrogens with zero attached hydrogens (tertiary/aromatic N) is 2. The summed E-state index contributed by atoms with van der Waals surface area (Å²) in [5.74, 6) is -0.981. The average Bonchev–Trinajstić information content (AvgIpc) is 2.59. The van der Waals surface area contributed by atoms with Gasteiger partial charge in [-0.1, -0.05) is 44.4 Å². The number of isocyanates is 2. The second kappa shape index (κ2) is 14.3. The summed E-state index contributed by atoms with van der Waals surface area (Å²) in [5, 5.41) is 7.60. The first-order valence-electron chi connectivity index (χ1n) is 8.22. The van der Waals surface area contributed by atoms with E-state index in [4.69, 9.17) is 5.11 Å². The Morgan fingerprint density at radius 1 is 1.04 bits per heavy atom. The highest BCUT2D eigenvalue weighted by Gasteiger charge is 2.15. The monoisotopic (exact) mass is 334 g/mol. The van der Waals surface area contributed by atoms with Crippen LogP contribution in [0.15, 0.2) is 34.8 Å². The minimum absolute atomic E-state index is 0.0752. The molecule has 2 aliphatic carbocycles. The van der Waals surface area contributed by atoms with Crippen LogP contribution >= 0.6 is 0 Å². The Bertz CT molecular complexity index is 497. The van der Waals surface area contributed by atoms with Crippen LogP contribution < -0.4 is 0 Å². The molecule has 24 heavy (non-hydrogen) atoms. The molecule has 0 aromatic rings. The lowest BCUT2D eigenvalue weighted by Crippen LogP contribution is -2.11. The lowest BCUT2D eigenvalue weighted by molar-refractivity contribution is -0.131. The number of carboxylic acid groups (broad SMARTS) is 1. The van der Waals surface area contributed by atoms with Gasteiger partial charge in [0.25, 0.3) is 0 Å². The van der Waals surface area contributed by atoms with Gasteiger partial charge in [-0.25, -0.2) is 19.4 Å². The number of aliphatic imine (C=N–C) groups is 2. The highest BCUT2D eigenvalue weighted by atomic mass is 16.4. The molecule has 0 aromatic carbocycles. The molecule has 2 fully saturated rings. The van der Waals surface area contributed by atoms with Gasteiger partial charge in [-0.05, 0) is 32.1 Å². The third-order valence-corrected chi connectivity index (χ3v) is 3.89. The molecule has 132 valence electrons. The third-order valence-electron chi connectivity index (χ3n) is 3.89. The molecule has 1 atom stereocenters. The summed E-state index contributed by atoms with van der Waals surface area (Å²) in [6.07, 6.45) is 14.4. The molecule has 0 aromatic heterocycles. The summed E-state index contributed by atoms with van der Waals surface area (Å²) in [4.78, 5) is 36.3. The number of rotatable bonds is 3. The van der Waals surface area contributed by atoms with Gasteiger partial charge in [0.1, 0.15) is 0 Å². The summed E-state index contributed by atoms with van der Waals surface area (Å²) < 4.78 is 0. The largest absolute Gasteiger partial charge is 0.478 e. The highest BCUT2D eigenvalue weighted by Crippen LogP contribution is 2.24. The first-order valence-corrected chi connectivity index (χ1v) is 8.22. The zero-order valence-electron chi connectivity index (χ0n) is 14.1. The highest BCUT2D eigenvalue weighted by molar-refractivity contribution is 5.78. The Balaban J connectivity index is 0.000000351. The van der Waals surface area contributed by atoms with Crippen LogP contribution in [0.4, 0.5) is 0 Å². The van der Waals surface area contributed by atoms with Gasteiger partial charge >= 0.3 is 5.97 Å². The smallest absolute Gasteiger partial charge is 0.327 e. The Hall–Kier alpha value is -2.29. The van der Waals surface area contributed by atoms with Gasteiger partial charge in [0.05, 0.1) is 12.1 Å². The van der Waals surface area contributed by atoms with Crippen LogP contribution in [0.1, 0.15) is 57.8 Å². The van der Waals surface area contributed by atoms with Crippen LogP contribution in [-0.4, -0.2) is 35.3 Å². The third kappa shape index (κ3) is 11.3. The Morgan fingerprint density at radius 3 is 2.04 bits per heavy atom. The van der Waals surface area contributed by atoms with Crippen LogP contribution in [-0.2, 0) is 14.4 Å². The van der Waals surface area contributed by atoms with Gasteiger partial charge in [-0.3, -0.25) is 0 Å². The van der Waals surface area contributed by atoms with Gasteiger partial charge in [-0.2, -0.15) is 4.99 Å². The van der Waals surface area contributed by atoms with E-state index in [1.807, 2.05) is 0 Å². The van der Waals surface area contributed by atoms with Gasteiger partial charge in [-0.15, -0.1) is 0 Å². The summed E-state index contributed by atoms with van der Waals surface area (Å²) in [5.41, 5.74) is 1.09. The molecule has 0 heterocycles. The number of hydrogen-bond donors (Lipinski definition) is 1. The minimum Gasteiger partial charge on any atom is -0.478 e. The number of hydrogen-bond acceptors (Lipinski definition) is 5. The van der Waals surface area contributed by atoms with Crippen molar-refractivity contribution >= 4 is 18.1 Å². The molecule has 0 amide bonds. The molecule has 6 heteroatoms. The maximum Gasteiger partial charge on any atom is 0.327 e. The van der Waals surface area contributed by atoms with E-state index < -0.39 is 5.97 Å². The van der Waals surface area contributed by atoms with Crippen LogP contribution in [0.25, 0.3) is 0 Å². The summed E-state index contributed by atoms with van der Waals surface area (Å²) in [7, 11) is 0. The molecule has 6 nitrogen and oxygen atoms in total. The number of carboxylic acids is 1. The van der Waals surface area contributed by atoms with Gasteiger partial charge < -0.3 is 5.11 Å². The lowest BCUT2D eigenvalue weighted by atomic mass is 9.92. The second-order valence-corrected chi connectivity index (χ2v) is 5.69. The molecular formula is C18H26N2O4. The van der Waals surface area contributed by atoms with Crippen molar-refractivity contribution < 1.29 is 19.5 Å². The second-order valence-electron chi connectivity index (χ2n) is 5.69. The Labute approximate surface area is 143 Å². The molecule has 0 spiro atoms. The molecule has 1 unspecified atom stereocenters. The van der Waals surface area contributed by atoms with Crippen LogP contribution in [0, 0.1) is 0 Å². The average molecular weight is 334 g/mol. The number of carbonyl (C=O) groups is 1. The quantitative estimate of drug-likeness (QED) is 0.368. The van der Waals surface area contributed by atoms with Gasteiger partial charge in [0, 0.05) is 6.08 Å². The SMILES string of the molecule is C=C1CCCCC1N=C=O.C=CC(=O)O.O=C=NC1CCCCC1. The normalized spacial score (nSPS) is 19.8. The van der Waals surface area contributed by atoms with Crippen molar-refractivity contribution in [3.8, 4) is 0 Å². The first-order chi connectivity index (χ1) is 11.5. The molecule has 0 aliphatic heterocycles. The maximum absolute atomic E-state index is 9.89. The molecule has 0 bridgehead atoms. The molecule has 0 saturated heterocycles. The molecule has 2 saturated carbocycles. The predicted molar refractivity (Wildman–Crippen MR) is 92.3 cm³/mol. The summed E-state index contributed by atoms with van der Waals surface area (Å²) in [6.45, 7) is 6.80. The maximum atomic E-state index is 9.89. The molecular weight excluding hydrogens is 308 g/mol. The van der Waals surface area contributed by atoms with Crippen molar-refractivity contribution in [2.24, 2.45) is 9.98 Å². The Morgan fingerprint density at radius 2 is 1.58 bits per heavy atom. The van der Waals surface area contributed by atoms with Crippen molar-refractivity contribution in [1.29, 1.82) is 0 Å². The fourth-order valence-corrected chi connectivity index (χ4v) is 2.56. The topological polar surface area (TPSA) is 96.2 Å². The van der Waals surface area contributed by atoms with Crippen molar-refractivity contribution in [2.75, 3.05) is 0 Å².